The van der Waals surface area contributed by atoms with Gasteiger partial charge in [-0.05, 0) is 40.5 Å². The van der Waals surface area contributed by atoms with Gasteiger partial charge in [0.25, 0.3) is 5.91 Å². The molecule has 0 spiro atoms. The lowest BCUT2D eigenvalue weighted by Gasteiger charge is -2.07. The number of thiazole rings is 1. The van der Waals surface area contributed by atoms with E-state index in [0.717, 1.165) is 27.6 Å². The second kappa shape index (κ2) is 6.56. The van der Waals surface area contributed by atoms with Gasteiger partial charge in [-0.3, -0.25) is 10.1 Å². The maximum absolute atomic E-state index is 12.3. The Labute approximate surface area is 153 Å². The average Bonchev–Trinajstić information content (AvgIpc) is 2.74. The first-order valence-electron chi connectivity index (χ1n) is 5.73. The molecule has 1 heterocycles. The molecule has 22 heavy (non-hydrogen) atoms. The van der Waals surface area contributed by atoms with E-state index < -0.39 is 15.7 Å². The highest BCUT2D eigenvalue weighted by molar-refractivity contribution is 9.11. The number of carbonyl (C=O) groups is 1. The first-order valence-corrected chi connectivity index (χ1v) is 10.4. The van der Waals surface area contributed by atoms with Crippen LogP contribution in [0.5, 0.6) is 0 Å². The minimum Gasteiger partial charge on any atom is -0.298 e. The smallest absolute Gasteiger partial charge is 0.258 e. The minimum absolute atomic E-state index is 0.0754. The number of aromatic nitrogens is 1. The molecule has 118 valence electrons. The quantitative estimate of drug-likeness (QED) is 0.700. The lowest BCUT2D eigenvalue weighted by Crippen LogP contribution is -2.12. The van der Waals surface area contributed by atoms with E-state index in [1.807, 2.05) is 6.92 Å². The Balaban J connectivity index is 2.32. The molecule has 0 bridgehead atoms. The van der Waals surface area contributed by atoms with E-state index in [1.54, 1.807) is 12.1 Å². The predicted molar refractivity (Wildman–Crippen MR) is 94.8 cm³/mol. The molecule has 0 saturated carbocycles. The van der Waals surface area contributed by atoms with Crippen LogP contribution in [0.1, 0.15) is 15.9 Å². The molecule has 1 aromatic carbocycles. The molecule has 0 unspecified atom stereocenters. The Kier molecular flexibility index (Phi) is 5.33. The number of hydrogen-bond donors (Lipinski definition) is 1. The molecule has 5 nitrogen and oxygen atoms in total. The Morgan fingerprint density at radius 3 is 2.50 bits per heavy atom. The van der Waals surface area contributed by atoms with E-state index in [0.29, 0.717) is 10.0 Å². The van der Waals surface area contributed by atoms with Crippen LogP contribution in [-0.2, 0) is 9.84 Å². The second-order valence-corrected chi connectivity index (χ2v) is 9.68. The Bertz CT molecular complexity index is 865. The summed E-state index contributed by atoms with van der Waals surface area (Å²) in [6.45, 7) is 1.90. The van der Waals surface area contributed by atoms with Gasteiger partial charge in [-0.1, -0.05) is 38.9 Å². The Hall–Kier alpha value is -0.480. The highest BCUT2D eigenvalue weighted by Crippen LogP contribution is 2.32. The maximum atomic E-state index is 12.3. The van der Waals surface area contributed by atoms with Crippen LogP contribution in [0.2, 0.25) is 5.15 Å². The fraction of sp³-hybridized carbons (Fsp3) is 0.167. The summed E-state index contributed by atoms with van der Waals surface area (Å²) in [7, 11) is -3.48. The fourth-order valence-electron chi connectivity index (χ4n) is 1.55. The monoisotopic (exact) mass is 486 g/mol. The SMILES string of the molecule is Cc1cc(Br)c(C(=O)Nc2nc(Cl)c(S(C)(=O)=O)s2)cc1Br. The van der Waals surface area contributed by atoms with Gasteiger partial charge >= 0.3 is 0 Å². The summed E-state index contributed by atoms with van der Waals surface area (Å²) in [6.07, 6.45) is 1.03. The van der Waals surface area contributed by atoms with E-state index in [9.17, 15) is 13.2 Å². The van der Waals surface area contributed by atoms with Crippen molar-refractivity contribution in [2.75, 3.05) is 11.6 Å². The van der Waals surface area contributed by atoms with Crippen LogP contribution in [0, 0.1) is 6.92 Å². The molecule has 10 heteroatoms. The number of hydrogen-bond acceptors (Lipinski definition) is 5. The first-order chi connectivity index (χ1) is 10.1. The highest BCUT2D eigenvalue weighted by Gasteiger charge is 2.21. The van der Waals surface area contributed by atoms with Gasteiger partial charge < -0.3 is 0 Å². The number of nitrogens with zero attached hydrogens (tertiary/aromatic N) is 1. The van der Waals surface area contributed by atoms with Crippen LogP contribution in [0.25, 0.3) is 0 Å². The third-order valence-electron chi connectivity index (χ3n) is 2.61. The van der Waals surface area contributed by atoms with Crippen molar-refractivity contribution >= 4 is 75.7 Å². The number of benzene rings is 1. The standard InChI is InChI=1S/C12H9Br2ClN2O3S2/c1-5-3-8(14)6(4-7(5)13)10(18)17-12-16-9(15)11(21-12)22(2,19)20/h3-4H,1-2H3,(H,16,17,18). The van der Waals surface area contributed by atoms with Gasteiger partial charge in [0.15, 0.2) is 24.3 Å². The van der Waals surface area contributed by atoms with Gasteiger partial charge in [-0.15, -0.1) is 0 Å². The minimum atomic E-state index is -3.48. The number of aryl methyl sites for hydroxylation is 1. The predicted octanol–water partition coefficient (Wildman–Crippen LogP) is 4.29. The zero-order chi connectivity index (χ0) is 16.7. The lowest BCUT2D eigenvalue weighted by atomic mass is 10.1. The van der Waals surface area contributed by atoms with Crippen molar-refractivity contribution in [2.45, 2.75) is 11.1 Å². The number of halogens is 3. The van der Waals surface area contributed by atoms with Gasteiger partial charge in [0.05, 0.1) is 5.56 Å². The van der Waals surface area contributed by atoms with E-state index in [-0.39, 0.29) is 14.5 Å². The number of nitrogens with one attached hydrogen (secondary N) is 1. The summed E-state index contributed by atoms with van der Waals surface area (Å²) < 4.78 is 24.4. The number of sulfone groups is 1. The Morgan fingerprint density at radius 1 is 1.32 bits per heavy atom. The zero-order valence-corrected chi connectivity index (χ0v) is 16.8. The number of anilines is 1. The van der Waals surface area contributed by atoms with Crippen LogP contribution in [0.3, 0.4) is 0 Å². The average molecular weight is 489 g/mol. The van der Waals surface area contributed by atoms with Crippen molar-refractivity contribution in [3.8, 4) is 0 Å². The van der Waals surface area contributed by atoms with Crippen molar-refractivity contribution in [1.29, 1.82) is 0 Å². The third kappa shape index (κ3) is 3.88. The summed E-state index contributed by atoms with van der Waals surface area (Å²) in [5.41, 5.74) is 1.37. The lowest BCUT2D eigenvalue weighted by molar-refractivity contribution is 0.102. The normalized spacial score (nSPS) is 11.5. The van der Waals surface area contributed by atoms with Gasteiger partial charge in [0.2, 0.25) is 0 Å². The van der Waals surface area contributed by atoms with E-state index in [1.165, 1.54) is 0 Å². The molecule has 0 atom stereocenters. The molecule has 2 aromatic rings. The van der Waals surface area contributed by atoms with Crippen LogP contribution >= 0.6 is 54.8 Å². The third-order valence-corrected chi connectivity index (χ3v) is 7.41. The molecule has 0 aliphatic rings. The highest BCUT2D eigenvalue weighted by atomic mass is 79.9. The van der Waals surface area contributed by atoms with E-state index in [2.05, 4.69) is 42.2 Å². The molecule has 0 aliphatic heterocycles. The summed E-state index contributed by atoms with van der Waals surface area (Å²) in [5.74, 6) is -0.418. The largest absolute Gasteiger partial charge is 0.298 e. The molecule has 1 N–H and O–H groups in total. The molecular formula is C12H9Br2ClN2O3S2. The molecule has 0 fully saturated rings. The van der Waals surface area contributed by atoms with Crippen molar-refractivity contribution in [2.24, 2.45) is 0 Å². The van der Waals surface area contributed by atoms with Gasteiger partial charge in [-0.25, -0.2) is 13.4 Å². The summed E-state index contributed by atoms with van der Waals surface area (Å²) in [6, 6.07) is 3.47. The molecule has 0 saturated heterocycles. The van der Waals surface area contributed by atoms with Crippen LogP contribution in [0.4, 0.5) is 5.13 Å². The summed E-state index contributed by atoms with van der Waals surface area (Å²) in [4.78, 5) is 16.1. The number of carbonyl (C=O) groups excluding carboxylic acids is 1. The van der Waals surface area contributed by atoms with Crippen molar-refractivity contribution in [3.05, 3.63) is 37.4 Å². The molecule has 1 amide bonds. The Morgan fingerprint density at radius 2 is 1.95 bits per heavy atom. The van der Waals surface area contributed by atoms with Crippen LogP contribution < -0.4 is 5.32 Å². The van der Waals surface area contributed by atoms with Gasteiger partial charge in [0, 0.05) is 15.2 Å². The number of rotatable bonds is 3. The number of amides is 1. The van der Waals surface area contributed by atoms with Gasteiger partial charge in [0.1, 0.15) is 0 Å². The van der Waals surface area contributed by atoms with E-state index >= 15 is 0 Å². The van der Waals surface area contributed by atoms with Gasteiger partial charge in [-0.2, -0.15) is 0 Å². The van der Waals surface area contributed by atoms with E-state index in [4.69, 9.17) is 11.6 Å². The fourth-order valence-corrected chi connectivity index (χ4v) is 4.99. The summed E-state index contributed by atoms with van der Waals surface area (Å²) in [5, 5.41) is 2.53. The van der Waals surface area contributed by atoms with Crippen molar-refractivity contribution < 1.29 is 13.2 Å². The van der Waals surface area contributed by atoms with Crippen LogP contribution in [-0.4, -0.2) is 25.6 Å². The summed E-state index contributed by atoms with van der Waals surface area (Å²) >= 11 is 13.3. The van der Waals surface area contributed by atoms with Crippen LogP contribution in [0.15, 0.2) is 25.3 Å². The maximum Gasteiger partial charge on any atom is 0.258 e. The molecule has 1 aromatic heterocycles. The molecule has 2 rings (SSSR count). The topological polar surface area (TPSA) is 76.1 Å². The van der Waals surface area contributed by atoms with Crippen molar-refractivity contribution in [3.63, 3.8) is 0 Å². The zero-order valence-electron chi connectivity index (χ0n) is 11.3. The molecular weight excluding hydrogens is 480 g/mol. The van der Waals surface area contributed by atoms with Crippen molar-refractivity contribution in [1.82, 2.24) is 4.98 Å². The first kappa shape index (κ1) is 17.9. The molecule has 0 radical (unpaired) electrons. The second-order valence-electron chi connectivity index (χ2n) is 4.40. The molecule has 0 aliphatic carbocycles.